The minimum atomic E-state index is -0.338. The van der Waals surface area contributed by atoms with Gasteiger partial charge in [-0.3, -0.25) is 24.6 Å². The van der Waals surface area contributed by atoms with Crippen LogP contribution in [0, 0.1) is 0 Å². The van der Waals surface area contributed by atoms with Gasteiger partial charge in [-0.15, -0.1) is 11.3 Å². The zero-order chi connectivity index (χ0) is 20.5. The first kappa shape index (κ1) is 19.7. The Hall–Kier alpha value is -2.58. The molecule has 4 rings (SSSR count). The van der Waals surface area contributed by atoms with Crippen LogP contribution in [-0.2, 0) is 6.54 Å². The van der Waals surface area contributed by atoms with E-state index < -0.39 is 0 Å². The third kappa shape index (κ3) is 3.95. The summed E-state index contributed by atoms with van der Waals surface area (Å²) in [6, 6.07) is 4.69. The molecule has 1 aromatic heterocycles. The van der Waals surface area contributed by atoms with Gasteiger partial charge in [-0.2, -0.15) is 0 Å². The molecule has 29 heavy (non-hydrogen) atoms. The number of nitrogens with zero attached hydrogens (tertiary/aromatic N) is 3. The number of amides is 3. The van der Waals surface area contributed by atoms with E-state index in [0.717, 1.165) is 37.8 Å². The lowest BCUT2D eigenvalue weighted by Crippen LogP contribution is -2.40. The fourth-order valence-electron chi connectivity index (χ4n) is 4.00. The Morgan fingerprint density at radius 2 is 1.90 bits per heavy atom. The largest absolute Gasteiger partial charge is 0.304 e. The molecule has 152 valence electrons. The Bertz CT molecular complexity index is 963. The Balaban J connectivity index is 1.51. The zero-order valence-electron chi connectivity index (χ0n) is 16.6. The highest BCUT2D eigenvalue weighted by molar-refractivity contribution is 7.14. The molecule has 1 saturated carbocycles. The van der Waals surface area contributed by atoms with E-state index in [4.69, 9.17) is 0 Å². The van der Waals surface area contributed by atoms with Gasteiger partial charge in [0.15, 0.2) is 5.13 Å². The minimum Gasteiger partial charge on any atom is -0.304 e. The fraction of sp³-hybridized carbons (Fsp3) is 0.429. The van der Waals surface area contributed by atoms with E-state index in [1.807, 2.05) is 24.4 Å². The molecule has 2 aromatic rings. The van der Waals surface area contributed by atoms with E-state index in [1.165, 1.54) is 22.3 Å². The molecule has 1 aliphatic heterocycles. The van der Waals surface area contributed by atoms with Crippen molar-refractivity contribution < 1.29 is 14.4 Å². The molecule has 2 aliphatic rings. The van der Waals surface area contributed by atoms with Crippen LogP contribution in [0.25, 0.3) is 0 Å². The van der Waals surface area contributed by atoms with E-state index in [0.29, 0.717) is 28.4 Å². The summed E-state index contributed by atoms with van der Waals surface area (Å²) >= 11 is 1.36. The molecule has 0 atom stereocenters. The van der Waals surface area contributed by atoms with Crippen molar-refractivity contribution in [2.75, 3.05) is 19.4 Å². The molecule has 7 nitrogen and oxygen atoms in total. The molecule has 1 N–H and O–H groups in total. The van der Waals surface area contributed by atoms with Crippen LogP contribution in [0.3, 0.4) is 0 Å². The van der Waals surface area contributed by atoms with Gasteiger partial charge in [0.05, 0.1) is 16.8 Å². The van der Waals surface area contributed by atoms with Gasteiger partial charge >= 0.3 is 0 Å². The molecule has 0 unspecified atom stereocenters. The Labute approximate surface area is 173 Å². The summed E-state index contributed by atoms with van der Waals surface area (Å²) in [5, 5.41) is 5.20. The van der Waals surface area contributed by atoms with Gasteiger partial charge in [0.2, 0.25) is 0 Å². The number of imide groups is 1. The second-order valence-electron chi connectivity index (χ2n) is 7.87. The van der Waals surface area contributed by atoms with Crippen LogP contribution in [0.2, 0.25) is 0 Å². The SMILES string of the molecule is CN(C)Cc1csc(NC(=O)c2ccc3c(c2)C(=O)N(C2CCCCC2)C3=O)n1. The molecule has 3 amide bonds. The lowest BCUT2D eigenvalue weighted by Gasteiger charge is -2.29. The highest BCUT2D eigenvalue weighted by Gasteiger charge is 2.40. The van der Waals surface area contributed by atoms with E-state index in [-0.39, 0.29) is 23.8 Å². The molecule has 8 heteroatoms. The number of carbonyl (C=O) groups excluding carboxylic acids is 3. The van der Waals surface area contributed by atoms with Crippen molar-refractivity contribution in [3.05, 3.63) is 46.0 Å². The maximum absolute atomic E-state index is 12.9. The van der Waals surface area contributed by atoms with Crippen molar-refractivity contribution in [2.45, 2.75) is 44.7 Å². The molecular weight excluding hydrogens is 388 g/mol. The third-order valence-electron chi connectivity index (χ3n) is 5.37. The number of carbonyl (C=O) groups is 3. The second-order valence-corrected chi connectivity index (χ2v) is 8.73. The summed E-state index contributed by atoms with van der Waals surface area (Å²) in [5.74, 6) is -0.860. The number of thiazole rings is 1. The van der Waals surface area contributed by atoms with Gasteiger partial charge in [-0.05, 0) is 45.1 Å². The number of hydrogen-bond acceptors (Lipinski definition) is 6. The lowest BCUT2D eigenvalue weighted by atomic mass is 9.94. The maximum atomic E-state index is 12.9. The number of rotatable bonds is 5. The van der Waals surface area contributed by atoms with Gasteiger partial charge in [0.1, 0.15) is 0 Å². The smallest absolute Gasteiger partial charge is 0.261 e. The maximum Gasteiger partial charge on any atom is 0.261 e. The Morgan fingerprint density at radius 3 is 2.62 bits per heavy atom. The molecule has 0 saturated heterocycles. The average molecular weight is 413 g/mol. The zero-order valence-corrected chi connectivity index (χ0v) is 17.4. The molecule has 0 bridgehead atoms. The highest BCUT2D eigenvalue weighted by atomic mass is 32.1. The van der Waals surface area contributed by atoms with Crippen LogP contribution >= 0.6 is 11.3 Å². The summed E-state index contributed by atoms with van der Waals surface area (Å²) in [6.07, 6.45) is 4.94. The number of fused-ring (bicyclic) bond motifs is 1. The van der Waals surface area contributed by atoms with E-state index in [1.54, 1.807) is 12.1 Å². The quantitative estimate of drug-likeness (QED) is 0.761. The molecule has 0 radical (unpaired) electrons. The lowest BCUT2D eigenvalue weighted by molar-refractivity contribution is 0.0549. The summed E-state index contributed by atoms with van der Waals surface area (Å²) in [6.45, 7) is 0.693. The van der Waals surface area contributed by atoms with Crippen molar-refractivity contribution in [1.29, 1.82) is 0 Å². The van der Waals surface area contributed by atoms with Crippen LogP contribution in [0.4, 0.5) is 5.13 Å². The van der Waals surface area contributed by atoms with Crippen LogP contribution in [0.1, 0.15) is 68.9 Å². The van der Waals surface area contributed by atoms with Gasteiger partial charge in [-0.25, -0.2) is 4.98 Å². The van der Waals surface area contributed by atoms with Crippen molar-refractivity contribution in [1.82, 2.24) is 14.8 Å². The summed E-state index contributed by atoms with van der Waals surface area (Å²) in [7, 11) is 3.91. The van der Waals surface area contributed by atoms with Crippen LogP contribution < -0.4 is 5.32 Å². The van der Waals surface area contributed by atoms with Crippen LogP contribution in [0.15, 0.2) is 23.6 Å². The average Bonchev–Trinajstić information content (AvgIpc) is 3.23. The number of benzene rings is 1. The topological polar surface area (TPSA) is 82.6 Å². The van der Waals surface area contributed by atoms with Gasteiger partial charge in [0.25, 0.3) is 17.7 Å². The fourth-order valence-corrected chi connectivity index (χ4v) is 4.70. The summed E-state index contributed by atoms with van der Waals surface area (Å²) < 4.78 is 0. The van der Waals surface area contributed by atoms with E-state index >= 15 is 0 Å². The van der Waals surface area contributed by atoms with Gasteiger partial charge < -0.3 is 4.90 Å². The first-order valence-corrected chi connectivity index (χ1v) is 10.7. The molecule has 1 aliphatic carbocycles. The van der Waals surface area contributed by atoms with Crippen LogP contribution in [0.5, 0.6) is 0 Å². The second kappa shape index (κ2) is 8.04. The predicted octanol–water partition coefficient (Wildman–Crippen LogP) is 3.39. The molecule has 2 heterocycles. The van der Waals surface area contributed by atoms with Gasteiger partial charge in [-0.1, -0.05) is 19.3 Å². The number of nitrogens with one attached hydrogen (secondary N) is 1. The standard InChI is InChI=1S/C21H24N4O3S/c1-24(2)11-14-12-29-21(22-14)23-18(26)13-8-9-16-17(10-13)20(28)25(19(16)27)15-6-4-3-5-7-15/h8-10,12,15H,3-7,11H2,1-2H3,(H,22,23,26). The summed E-state index contributed by atoms with van der Waals surface area (Å²) in [5.41, 5.74) is 1.94. The molecule has 0 spiro atoms. The minimum absolute atomic E-state index is 0.0288. The summed E-state index contributed by atoms with van der Waals surface area (Å²) in [4.78, 5) is 46.1. The molecule has 1 fully saturated rings. The van der Waals surface area contributed by atoms with Crippen LogP contribution in [-0.4, -0.2) is 52.6 Å². The number of hydrogen-bond donors (Lipinski definition) is 1. The number of anilines is 1. The van der Waals surface area contributed by atoms with Gasteiger partial charge in [0, 0.05) is 23.5 Å². The van der Waals surface area contributed by atoms with Crippen molar-refractivity contribution in [2.24, 2.45) is 0 Å². The highest BCUT2D eigenvalue weighted by Crippen LogP contribution is 2.31. The Morgan fingerprint density at radius 1 is 1.17 bits per heavy atom. The predicted molar refractivity (Wildman–Crippen MR) is 111 cm³/mol. The van der Waals surface area contributed by atoms with Crippen molar-refractivity contribution >= 4 is 34.2 Å². The first-order valence-electron chi connectivity index (χ1n) is 9.86. The van der Waals surface area contributed by atoms with Crippen molar-refractivity contribution in [3.63, 3.8) is 0 Å². The molecule has 1 aromatic carbocycles. The van der Waals surface area contributed by atoms with E-state index in [9.17, 15) is 14.4 Å². The normalized spacial score (nSPS) is 17.1. The first-order chi connectivity index (χ1) is 13.9. The third-order valence-corrected chi connectivity index (χ3v) is 6.18. The Kier molecular flexibility index (Phi) is 5.47. The molecular formula is C21H24N4O3S. The van der Waals surface area contributed by atoms with E-state index in [2.05, 4.69) is 10.3 Å². The van der Waals surface area contributed by atoms with Crippen molar-refractivity contribution in [3.8, 4) is 0 Å². The number of aromatic nitrogens is 1. The monoisotopic (exact) mass is 412 g/mol.